The molecule has 0 unspecified atom stereocenters. The van der Waals surface area contributed by atoms with E-state index in [-0.39, 0.29) is 0 Å². The molecular weight excluding hydrogens is 150 g/mol. The first-order chi connectivity index (χ1) is 5.74. The average Bonchev–Trinajstić information content (AvgIpc) is 2.07. The molecule has 12 heavy (non-hydrogen) atoms. The maximum absolute atomic E-state index is 5.71. The Balaban J connectivity index is 2.75. The summed E-state index contributed by atoms with van der Waals surface area (Å²) in [5, 5.41) is 3.17. The highest BCUT2D eigenvalue weighted by molar-refractivity contribution is 5.61. The Labute approximate surface area is 73.0 Å². The number of anilines is 2. The molecule has 1 aromatic rings. The first-order valence-electron chi connectivity index (χ1n) is 4.21. The van der Waals surface area contributed by atoms with E-state index in [0.29, 0.717) is 5.69 Å². The molecule has 0 saturated carbocycles. The van der Waals surface area contributed by atoms with Crippen molar-refractivity contribution in [3.63, 3.8) is 0 Å². The maximum Gasteiger partial charge on any atom is 0.149 e. The van der Waals surface area contributed by atoms with Crippen LogP contribution in [-0.4, -0.2) is 11.5 Å². The lowest BCUT2D eigenvalue weighted by Crippen LogP contribution is -2.05. The van der Waals surface area contributed by atoms with Crippen LogP contribution in [0.5, 0.6) is 0 Å². The van der Waals surface area contributed by atoms with Gasteiger partial charge in [-0.15, -0.1) is 0 Å². The number of nitrogen functional groups attached to an aromatic ring is 1. The first kappa shape index (κ1) is 8.84. The Morgan fingerprint density at radius 2 is 2.25 bits per heavy atom. The largest absolute Gasteiger partial charge is 0.396 e. The number of aryl methyl sites for hydroxylation is 1. The zero-order valence-corrected chi connectivity index (χ0v) is 7.59. The van der Waals surface area contributed by atoms with Gasteiger partial charge in [0.2, 0.25) is 0 Å². The summed E-state index contributed by atoms with van der Waals surface area (Å²) in [4.78, 5) is 4.27. The number of rotatable bonds is 3. The van der Waals surface area contributed by atoms with Crippen molar-refractivity contribution in [2.45, 2.75) is 20.3 Å². The normalized spacial score (nSPS) is 9.83. The van der Waals surface area contributed by atoms with Crippen LogP contribution >= 0.6 is 0 Å². The van der Waals surface area contributed by atoms with E-state index >= 15 is 0 Å². The second kappa shape index (κ2) is 3.95. The van der Waals surface area contributed by atoms with Gasteiger partial charge >= 0.3 is 0 Å². The van der Waals surface area contributed by atoms with Crippen LogP contribution in [0.25, 0.3) is 0 Å². The van der Waals surface area contributed by atoms with Gasteiger partial charge in [0.05, 0.1) is 5.69 Å². The monoisotopic (exact) mass is 165 g/mol. The van der Waals surface area contributed by atoms with Crippen LogP contribution in [0.4, 0.5) is 11.5 Å². The molecule has 0 aliphatic rings. The van der Waals surface area contributed by atoms with Gasteiger partial charge in [-0.1, -0.05) is 6.92 Å². The summed E-state index contributed by atoms with van der Waals surface area (Å²) in [6.07, 6.45) is 1.08. The molecule has 1 aromatic heterocycles. The molecule has 0 atom stereocenters. The highest BCUT2D eigenvalue weighted by Crippen LogP contribution is 2.14. The molecule has 1 heterocycles. The van der Waals surface area contributed by atoms with Crippen molar-refractivity contribution < 1.29 is 0 Å². The van der Waals surface area contributed by atoms with Crippen LogP contribution in [0.1, 0.15) is 19.0 Å². The Kier molecular flexibility index (Phi) is 2.91. The fourth-order valence-corrected chi connectivity index (χ4v) is 0.952. The molecule has 0 aliphatic carbocycles. The summed E-state index contributed by atoms with van der Waals surface area (Å²) < 4.78 is 0. The van der Waals surface area contributed by atoms with E-state index in [1.54, 1.807) is 0 Å². The summed E-state index contributed by atoms with van der Waals surface area (Å²) >= 11 is 0. The minimum Gasteiger partial charge on any atom is -0.396 e. The van der Waals surface area contributed by atoms with Crippen LogP contribution in [0.15, 0.2) is 12.1 Å². The molecule has 0 saturated heterocycles. The predicted molar refractivity (Wildman–Crippen MR) is 52.2 cm³/mol. The fraction of sp³-hybridized carbons (Fsp3) is 0.444. The minimum atomic E-state index is 0.717. The van der Waals surface area contributed by atoms with E-state index in [4.69, 9.17) is 5.73 Å². The summed E-state index contributed by atoms with van der Waals surface area (Å²) in [7, 11) is 0. The molecular formula is C9H15N3. The third kappa shape index (κ3) is 2.12. The number of pyridine rings is 1. The first-order valence-corrected chi connectivity index (χ1v) is 4.21. The standard InChI is InChI=1S/C9H15N3/c1-3-6-11-9-8(10)5-4-7(2)12-9/h4-5H,3,6,10H2,1-2H3,(H,11,12). The lowest BCUT2D eigenvalue weighted by molar-refractivity contribution is 0.967. The van der Waals surface area contributed by atoms with Gasteiger partial charge in [-0.05, 0) is 25.5 Å². The summed E-state index contributed by atoms with van der Waals surface area (Å²) in [6.45, 7) is 4.98. The summed E-state index contributed by atoms with van der Waals surface area (Å²) in [6, 6.07) is 3.78. The van der Waals surface area contributed by atoms with Gasteiger partial charge in [-0.3, -0.25) is 0 Å². The molecule has 3 heteroatoms. The Morgan fingerprint density at radius 3 is 2.92 bits per heavy atom. The lowest BCUT2D eigenvalue weighted by atomic mass is 10.3. The highest BCUT2D eigenvalue weighted by atomic mass is 15.0. The number of nitrogens with one attached hydrogen (secondary N) is 1. The fourth-order valence-electron chi connectivity index (χ4n) is 0.952. The molecule has 0 bridgehead atoms. The van der Waals surface area contributed by atoms with Crippen molar-refractivity contribution in [1.29, 1.82) is 0 Å². The number of nitrogens with zero attached hydrogens (tertiary/aromatic N) is 1. The Bertz CT molecular complexity index is 258. The van der Waals surface area contributed by atoms with E-state index in [2.05, 4.69) is 17.2 Å². The zero-order valence-electron chi connectivity index (χ0n) is 7.59. The number of hydrogen-bond donors (Lipinski definition) is 2. The number of nitrogens with two attached hydrogens (primary N) is 1. The quantitative estimate of drug-likeness (QED) is 0.718. The van der Waals surface area contributed by atoms with E-state index in [1.807, 2.05) is 19.1 Å². The second-order valence-corrected chi connectivity index (χ2v) is 2.82. The predicted octanol–water partition coefficient (Wildman–Crippen LogP) is 1.79. The highest BCUT2D eigenvalue weighted by Gasteiger charge is 1.98. The van der Waals surface area contributed by atoms with Gasteiger partial charge in [0.25, 0.3) is 0 Å². The van der Waals surface area contributed by atoms with Gasteiger partial charge in [0, 0.05) is 12.2 Å². The lowest BCUT2D eigenvalue weighted by Gasteiger charge is -2.07. The summed E-state index contributed by atoms with van der Waals surface area (Å²) in [5.74, 6) is 0.803. The van der Waals surface area contributed by atoms with Gasteiger partial charge in [-0.25, -0.2) is 4.98 Å². The zero-order chi connectivity index (χ0) is 8.97. The third-order valence-corrected chi connectivity index (χ3v) is 1.61. The van der Waals surface area contributed by atoms with Gasteiger partial charge in [0.1, 0.15) is 5.82 Å². The minimum absolute atomic E-state index is 0.717. The third-order valence-electron chi connectivity index (χ3n) is 1.61. The summed E-state index contributed by atoms with van der Waals surface area (Å²) in [5.41, 5.74) is 7.41. The van der Waals surface area contributed by atoms with Crippen LogP contribution in [-0.2, 0) is 0 Å². The molecule has 0 radical (unpaired) electrons. The SMILES string of the molecule is CCCNc1nc(C)ccc1N. The molecule has 0 aliphatic heterocycles. The molecule has 0 spiro atoms. The molecule has 0 aromatic carbocycles. The maximum atomic E-state index is 5.71. The molecule has 0 amide bonds. The van der Waals surface area contributed by atoms with E-state index < -0.39 is 0 Å². The van der Waals surface area contributed by atoms with Crippen LogP contribution in [0, 0.1) is 6.92 Å². The smallest absolute Gasteiger partial charge is 0.149 e. The van der Waals surface area contributed by atoms with E-state index in [9.17, 15) is 0 Å². The molecule has 66 valence electrons. The Hall–Kier alpha value is -1.25. The molecule has 3 N–H and O–H groups in total. The second-order valence-electron chi connectivity index (χ2n) is 2.82. The van der Waals surface area contributed by atoms with Crippen LogP contribution in [0.2, 0.25) is 0 Å². The van der Waals surface area contributed by atoms with E-state index in [0.717, 1.165) is 24.5 Å². The van der Waals surface area contributed by atoms with Crippen molar-refractivity contribution in [1.82, 2.24) is 4.98 Å². The number of aromatic nitrogens is 1. The van der Waals surface area contributed by atoms with Gasteiger partial charge in [-0.2, -0.15) is 0 Å². The molecule has 1 rings (SSSR count). The van der Waals surface area contributed by atoms with Crippen molar-refractivity contribution in [2.75, 3.05) is 17.6 Å². The van der Waals surface area contributed by atoms with Crippen molar-refractivity contribution in [3.8, 4) is 0 Å². The van der Waals surface area contributed by atoms with Gasteiger partial charge in [0.15, 0.2) is 0 Å². The van der Waals surface area contributed by atoms with Crippen molar-refractivity contribution >= 4 is 11.5 Å². The van der Waals surface area contributed by atoms with Crippen LogP contribution in [0.3, 0.4) is 0 Å². The van der Waals surface area contributed by atoms with E-state index in [1.165, 1.54) is 0 Å². The van der Waals surface area contributed by atoms with Crippen LogP contribution < -0.4 is 11.1 Å². The molecule has 0 fully saturated rings. The van der Waals surface area contributed by atoms with Crippen molar-refractivity contribution in [2.24, 2.45) is 0 Å². The topological polar surface area (TPSA) is 50.9 Å². The average molecular weight is 165 g/mol. The van der Waals surface area contributed by atoms with Crippen molar-refractivity contribution in [3.05, 3.63) is 17.8 Å². The number of hydrogen-bond acceptors (Lipinski definition) is 3. The Morgan fingerprint density at radius 1 is 1.50 bits per heavy atom. The van der Waals surface area contributed by atoms with Gasteiger partial charge < -0.3 is 11.1 Å². The molecule has 3 nitrogen and oxygen atoms in total.